The third kappa shape index (κ3) is 4.28. The second kappa shape index (κ2) is 10.4. The van der Waals surface area contributed by atoms with Crippen molar-refractivity contribution in [3.05, 3.63) is 168 Å². The molecule has 0 fully saturated rings. The first-order valence-corrected chi connectivity index (χ1v) is 21.1. The Bertz CT molecular complexity index is 1760. The van der Waals surface area contributed by atoms with Crippen molar-refractivity contribution in [3.8, 4) is 11.1 Å². The van der Waals surface area contributed by atoms with Gasteiger partial charge in [0.1, 0.15) is 16.1 Å². The number of hydrogen-bond donors (Lipinski definition) is 0. The van der Waals surface area contributed by atoms with Gasteiger partial charge in [0, 0.05) is 23.0 Å². The molecule has 1 aliphatic carbocycles. The van der Waals surface area contributed by atoms with Gasteiger partial charge in [-0.1, -0.05) is 146 Å². The van der Waals surface area contributed by atoms with Crippen LogP contribution in [0, 0.1) is 0 Å². The lowest BCUT2D eigenvalue weighted by Crippen LogP contribution is -2.54. The first-order valence-electron chi connectivity index (χ1n) is 15.1. The minimum Gasteiger partial charge on any atom is -0.266 e. The van der Waals surface area contributed by atoms with Crippen LogP contribution in [0.1, 0.15) is 22.3 Å². The Morgan fingerprint density at radius 1 is 0.442 bits per heavy atom. The van der Waals surface area contributed by atoms with Crippen LogP contribution in [0.4, 0.5) is 0 Å². The van der Waals surface area contributed by atoms with Crippen molar-refractivity contribution in [1.82, 2.24) is 9.97 Å². The standard InChI is InChI=1S/C39H36N2Si2/c1-42(2,37-19-11-13-25-40-37)31-21-23-35-33(27-31)34-28-32(43(3,4)38-20-12-14-26-41-38)22-24-36(34)39(35,29-15-7-5-8-16-29)30-17-9-6-10-18-30/h5-28H,1-4H3. The summed E-state index contributed by atoms with van der Waals surface area (Å²) in [5, 5.41) is 5.23. The van der Waals surface area contributed by atoms with Crippen LogP contribution >= 0.6 is 0 Å². The van der Waals surface area contributed by atoms with Gasteiger partial charge in [-0.15, -0.1) is 0 Å². The maximum absolute atomic E-state index is 4.83. The first-order chi connectivity index (χ1) is 20.8. The Morgan fingerprint density at radius 2 is 0.837 bits per heavy atom. The van der Waals surface area contributed by atoms with Gasteiger partial charge in [-0.25, -0.2) is 0 Å². The van der Waals surface area contributed by atoms with E-state index in [9.17, 15) is 0 Å². The second-order valence-corrected chi connectivity index (χ2v) is 21.4. The van der Waals surface area contributed by atoms with Gasteiger partial charge in [0.25, 0.3) is 0 Å². The summed E-state index contributed by atoms with van der Waals surface area (Å²) in [7, 11) is -4.08. The maximum atomic E-state index is 4.83. The van der Waals surface area contributed by atoms with E-state index >= 15 is 0 Å². The van der Waals surface area contributed by atoms with E-state index in [1.807, 2.05) is 24.5 Å². The molecule has 0 amide bonds. The zero-order valence-electron chi connectivity index (χ0n) is 25.3. The molecule has 0 spiro atoms. The van der Waals surface area contributed by atoms with Crippen molar-refractivity contribution in [2.24, 2.45) is 0 Å². The van der Waals surface area contributed by atoms with Gasteiger partial charge >= 0.3 is 0 Å². The molecule has 210 valence electrons. The summed E-state index contributed by atoms with van der Waals surface area (Å²) in [6.07, 6.45) is 3.86. The minimum atomic E-state index is -2.04. The molecule has 0 aliphatic heterocycles. The van der Waals surface area contributed by atoms with E-state index in [1.165, 1.54) is 54.4 Å². The third-order valence-electron chi connectivity index (χ3n) is 9.60. The van der Waals surface area contributed by atoms with Gasteiger partial charge in [0.05, 0.1) is 5.41 Å². The summed E-state index contributed by atoms with van der Waals surface area (Å²) in [5.41, 5.74) is 7.56. The Balaban J connectivity index is 1.54. The fourth-order valence-electron chi connectivity index (χ4n) is 7.04. The van der Waals surface area contributed by atoms with E-state index in [4.69, 9.17) is 9.97 Å². The summed E-state index contributed by atoms with van der Waals surface area (Å²) in [5.74, 6) is 0. The molecule has 43 heavy (non-hydrogen) atoms. The minimum absolute atomic E-state index is 0.405. The summed E-state index contributed by atoms with van der Waals surface area (Å²) < 4.78 is 0. The monoisotopic (exact) mass is 588 g/mol. The molecule has 0 N–H and O–H groups in total. The topological polar surface area (TPSA) is 25.8 Å². The number of hydrogen-bond acceptors (Lipinski definition) is 2. The molecule has 0 unspecified atom stereocenters. The van der Waals surface area contributed by atoms with Gasteiger partial charge in [-0.2, -0.15) is 0 Å². The van der Waals surface area contributed by atoms with Crippen LogP contribution in [0.25, 0.3) is 11.1 Å². The highest BCUT2D eigenvalue weighted by Crippen LogP contribution is 2.55. The van der Waals surface area contributed by atoms with E-state index in [2.05, 4.69) is 148 Å². The Labute approximate surface area is 257 Å². The average Bonchev–Trinajstić information content (AvgIpc) is 3.36. The summed E-state index contributed by atoms with van der Waals surface area (Å²) >= 11 is 0. The van der Waals surface area contributed by atoms with E-state index < -0.39 is 21.6 Å². The number of aromatic nitrogens is 2. The summed E-state index contributed by atoms with van der Waals surface area (Å²) in [4.78, 5) is 9.66. The lowest BCUT2D eigenvalue weighted by molar-refractivity contribution is 0.769. The van der Waals surface area contributed by atoms with Gasteiger partial charge in [0.2, 0.25) is 0 Å². The van der Waals surface area contributed by atoms with Crippen LogP contribution in [0.15, 0.2) is 146 Å². The smallest absolute Gasteiger partial charge is 0.135 e. The van der Waals surface area contributed by atoms with Crippen molar-refractivity contribution in [1.29, 1.82) is 0 Å². The van der Waals surface area contributed by atoms with E-state index in [0.717, 1.165) is 0 Å². The number of nitrogens with zero attached hydrogens (tertiary/aromatic N) is 2. The maximum Gasteiger partial charge on any atom is 0.135 e. The molecule has 2 heterocycles. The van der Waals surface area contributed by atoms with E-state index in [-0.39, 0.29) is 0 Å². The SMILES string of the molecule is C[Si](C)(c1ccc2c(c1)-c1cc([Si](C)(C)c3ccccn3)ccc1C2(c1ccccc1)c1ccccc1)c1ccccn1. The molecule has 2 aromatic heterocycles. The molecule has 4 aromatic carbocycles. The molecular weight excluding hydrogens is 553 g/mol. The quantitative estimate of drug-likeness (QED) is 0.208. The predicted octanol–water partition coefficient (Wildman–Crippen LogP) is 6.48. The largest absolute Gasteiger partial charge is 0.266 e. The zero-order valence-corrected chi connectivity index (χ0v) is 27.3. The number of fused-ring (bicyclic) bond motifs is 3. The molecule has 4 heteroatoms. The van der Waals surface area contributed by atoms with Crippen LogP contribution in [0.2, 0.25) is 26.2 Å². The highest BCUT2D eigenvalue weighted by Gasteiger charge is 2.47. The highest BCUT2D eigenvalue weighted by molar-refractivity contribution is 7.00. The predicted molar refractivity (Wildman–Crippen MR) is 186 cm³/mol. The van der Waals surface area contributed by atoms with Crippen LogP contribution in [-0.4, -0.2) is 26.1 Å². The van der Waals surface area contributed by atoms with Crippen molar-refractivity contribution in [2.75, 3.05) is 0 Å². The van der Waals surface area contributed by atoms with Crippen LogP contribution in [0.5, 0.6) is 0 Å². The third-order valence-corrected chi connectivity index (χ3v) is 16.3. The molecule has 2 nitrogen and oxygen atoms in total. The molecule has 0 atom stereocenters. The molecule has 0 radical (unpaired) electrons. The molecule has 6 aromatic rings. The molecule has 0 bridgehead atoms. The molecule has 0 saturated carbocycles. The fraction of sp³-hybridized carbons (Fsp3) is 0.128. The van der Waals surface area contributed by atoms with Crippen LogP contribution in [0.3, 0.4) is 0 Å². The summed E-state index contributed by atoms with van der Waals surface area (Å²) in [6, 6.07) is 49.4. The van der Waals surface area contributed by atoms with Crippen molar-refractivity contribution in [2.45, 2.75) is 31.6 Å². The Morgan fingerprint density at radius 3 is 1.21 bits per heavy atom. The van der Waals surface area contributed by atoms with E-state index in [1.54, 1.807) is 0 Å². The van der Waals surface area contributed by atoms with Crippen molar-refractivity contribution < 1.29 is 0 Å². The lowest BCUT2D eigenvalue weighted by atomic mass is 9.68. The number of pyridine rings is 2. The van der Waals surface area contributed by atoms with Crippen molar-refractivity contribution >= 4 is 37.2 Å². The van der Waals surface area contributed by atoms with Gasteiger partial charge < -0.3 is 0 Å². The average molecular weight is 589 g/mol. The lowest BCUT2D eigenvalue weighted by Gasteiger charge is -2.34. The van der Waals surface area contributed by atoms with Gasteiger partial charge in [-0.3, -0.25) is 9.97 Å². The van der Waals surface area contributed by atoms with E-state index in [0.29, 0.717) is 0 Å². The van der Waals surface area contributed by atoms with Gasteiger partial charge in [-0.05, 0) is 57.6 Å². The fourth-order valence-corrected chi connectivity index (χ4v) is 11.5. The number of rotatable bonds is 6. The van der Waals surface area contributed by atoms with Crippen molar-refractivity contribution in [3.63, 3.8) is 0 Å². The zero-order chi connectivity index (χ0) is 29.7. The van der Waals surface area contributed by atoms with Crippen LogP contribution in [-0.2, 0) is 5.41 Å². The molecule has 7 rings (SSSR count). The first kappa shape index (κ1) is 27.4. The molecular formula is C39H36N2Si2. The molecule has 0 saturated heterocycles. The molecule has 1 aliphatic rings. The normalized spacial score (nSPS) is 13.8. The number of benzene rings is 4. The summed E-state index contributed by atoms with van der Waals surface area (Å²) in [6.45, 7) is 9.67. The van der Waals surface area contributed by atoms with Gasteiger partial charge in [0.15, 0.2) is 0 Å². The Kier molecular flexibility index (Phi) is 6.64. The second-order valence-electron chi connectivity index (χ2n) is 12.7. The highest BCUT2D eigenvalue weighted by atomic mass is 28.3. The van der Waals surface area contributed by atoms with Crippen LogP contribution < -0.4 is 21.0 Å². The Hall–Kier alpha value is -4.39.